The third-order valence-corrected chi connectivity index (χ3v) is 4.61. The van der Waals surface area contributed by atoms with Crippen LogP contribution in [-0.2, 0) is 16.0 Å². The van der Waals surface area contributed by atoms with E-state index in [0.717, 1.165) is 50.8 Å². The van der Waals surface area contributed by atoms with Crippen LogP contribution in [0.5, 0.6) is 0 Å². The summed E-state index contributed by atoms with van der Waals surface area (Å²) in [5.41, 5.74) is 0.913. The lowest BCUT2D eigenvalue weighted by atomic mass is 10.1. The van der Waals surface area contributed by atoms with E-state index in [1.807, 2.05) is 30.3 Å². The highest BCUT2D eigenvalue weighted by atomic mass is 16.4. The topological polar surface area (TPSA) is 69.6 Å². The van der Waals surface area contributed by atoms with Gasteiger partial charge in [0.2, 0.25) is 5.91 Å². The number of amides is 1. The smallest absolute Gasteiger partial charge is 0.326 e. The zero-order chi connectivity index (χ0) is 17.4. The third-order valence-electron chi connectivity index (χ3n) is 4.61. The molecule has 1 amide bonds. The maximum Gasteiger partial charge on any atom is 0.326 e. The highest BCUT2D eigenvalue weighted by Crippen LogP contribution is 2.18. The summed E-state index contributed by atoms with van der Waals surface area (Å²) in [7, 11) is 0. The van der Waals surface area contributed by atoms with Gasteiger partial charge in [-0.3, -0.25) is 9.69 Å². The van der Waals surface area contributed by atoms with Crippen molar-refractivity contribution < 1.29 is 14.7 Å². The molecule has 2 N–H and O–H groups in total. The van der Waals surface area contributed by atoms with E-state index in [4.69, 9.17) is 0 Å². The van der Waals surface area contributed by atoms with Gasteiger partial charge in [0, 0.05) is 6.42 Å². The Bertz CT molecular complexity index is 533. The Morgan fingerprint density at radius 3 is 2.71 bits per heavy atom. The molecule has 1 aromatic rings. The number of nitrogens with zero attached hydrogens (tertiary/aromatic N) is 1. The number of rotatable bonds is 9. The van der Waals surface area contributed by atoms with Crippen molar-refractivity contribution in [3.05, 3.63) is 35.9 Å². The van der Waals surface area contributed by atoms with Gasteiger partial charge in [-0.05, 0) is 37.9 Å². The fourth-order valence-corrected chi connectivity index (χ4v) is 3.27. The normalized spacial score (nSPS) is 19.1. The minimum Gasteiger partial charge on any atom is -0.480 e. The average Bonchev–Trinajstić information content (AvgIpc) is 3.04. The molecule has 0 radical (unpaired) electrons. The van der Waals surface area contributed by atoms with Crippen molar-refractivity contribution >= 4 is 11.9 Å². The minimum absolute atomic E-state index is 0.146. The lowest BCUT2D eigenvalue weighted by Crippen LogP contribution is -2.50. The number of aliphatic carboxylic acids is 1. The van der Waals surface area contributed by atoms with Gasteiger partial charge in [0.1, 0.15) is 6.04 Å². The summed E-state index contributed by atoms with van der Waals surface area (Å²) >= 11 is 0. The number of likely N-dealkylation sites (tertiary alicyclic amines) is 1. The number of unbranched alkanes of at least 4 members (excludes halogenated alkanes) is 2. The molecular formula is C19H28N2O3. The molecule has 132 valence electrons. The summed E-state index contributed by atoms with van der Waals surface area (Å²) in [6.07, 6.45) is 5.53. The molecule has 0 aromatic heterocycles. The van der Waals surface area contributed by atoms with Gasteiger partial charge in [-0.25, -0.2) is 4.79 Å². The van der Waals surface area contributed by atoms with Crippen molar-refractivity contribution in [3.8, 4) is 0 Å². The fourth-order valence-electron chi connectivity index (χ4n) is 3.27. The molecule has 5 nitrogen and oxygen atoms in total. The van der Waals surface area contributed by atoms with E-state index in [0.29, 0.717) is 6.42 Å². The van der Waals surface area contributed by atoms with Gasteiger partial charge in [-0.15, -0.1) is 0 Å². The standard InChI is InChI=1S/C19H28N2O3/c1-2-3-7-12-21-13-8-11-17(21)18(22)20-16(19(23)24)14-15-9-5-4-6-10-15/h4-6,9-10,16-17H,2-3,7-8,11-14H2,1H3,(H,20,22)(H,23,24). The molecular weight excluding hydrogens is 304 g/mol. The molecule has 5 heteroatoms. The lowest BCUT2D eigenvalue weighted by Gasteiger charge is -2.25. The lowest BCUT2D eigenvalue weighted by molar-refractivity contribution is -0.142. The largest absolute Gasteiger partial charge is 0.480 e. The first-order valence-electron chi connectivity index (χ1n) is 8.93. The monoisotopic (exact) mass is 332 g/mol. The van der Waals surface area contributed by atoms with Gasteiger partial charge in [-0.2, -0.15) is 0 Å². The Morgan fingerprint density at radius 1 is 1.29 bits per heavy atom. The Kier molecular flexibility index (Phi) is 7.25. The summed E-state index contributed by atoms with van der Waals surface area (Å²) in [5.74, 6) is -1.13. The van der Waals surface area contributed by atoms with Crippen molar-refractivity contribution in [3.63, 3.8) is 0 Å². The Balaban J connectivity index is 1.93. The molecule has 1 aromatic carbocycles. The maximum atomic E-state index is 12.6. The van der Waals surface area contributed by atoms with Crippen molar-refractivity contribution in [1.29, 1.82) is 0 Å². The Morgan fingerprint density at radius 2 is 2.04 bits per heavy atom. The summed E-state index contributed by atoms with van der Waals surface area (Å²) in [4.78, 5) is 26.3. The SMILES string of the molecule is CCCCCN1CCCC1C(=O)NC(Cc1ccccc1)C(=O)O. The fraction of sp³-hybridized carbons (Fsp3) is 0.579. The van der Waals surface area contributed by atoms with Crippen molar-refractivity contribution in [2.45, 2.75) is 57.5 Å². The van der Waals surface area contributed by atoms with E-state index in [9.17, 15) is 14.7 Å². The molecule has 1 aliphatic rings. The number of carboxylic acids is 1. The van der Waals surface area contributed by atoms with E-state index >= 15 is 0 Å². The maximum absolute atomic E-state index is 12.6. The van der Waals surface area contributed by atoms with Crippen LogP contribution in [0, 0.1) is 0 Å². The van der Waals surface area contributed by atoms with Crippen LogP contribution >= 0.6 is 0 Å². The number of carbonyl (C=O) groups excluding carboxylic acids is 1. The summed E-state index contributed by atoms with van der Waals surface area (Å²) in [6, 6.07) is 8.36. The molecule has 0 saturated carbocycles. The van der Waals surface area contributed by atoms with E-state index < -0.39 is 12.0 Å². The number of nitrogens with one attached hydrogen (secondary N) is 1. The first-order valence-corrected chi connectivity index (χ1v) is 8.93. The van der Waals surface area contributed by atoms with E-state index in [2.05, 4.69) is 17.1 Å². The molecule has 24 heavy (non-hydrogen) atoms. The minimum atomic E-state index is -0.984. The van der Waals surface area contributed by atoms with Gasteiger partial charge >= 0.3 is 5.97 Å². The molecule has 2 rings (SSSR count). The van der Waals surface area contributed by atoms with Gasteiger partial charge in [-0.1, -0.05) is 50.1 Å². The zero-order valence-corrected chi connectivity index (χ0v) is 14.4. The summed E-state index contributed by atoms with van der Waals surface area (Å²) in [6.45, 7) is 4.01. The Hall–Kier alpha value is -1.88. The average molecular weight is 332 g/mol. The predicted molar refractivity (Wildman–Crippen MR) is 93.8 cm³/mol. The predicted octanol–water partition coefficient (Wildman–Crippen LogP) is 2.45. The summed E-state index contributed by atoms with van der Waals surface area (Å²) < 4.78 is 0. The van der Waals surface area contributed by atoms with Crippen LogP contribution in [0.25, 0.3) is 0 Å². The van der Waals surface area contributed by atoms with E-state index in [1.165, 1.54) is 0 Å². The molecule has 1 aliphatic heterocycles. The highest BCUT2D eigenvalue weighted by molar-refractivity contribution is 5.87. The number of benzene rings is 1. The number of carbonyl (C=O) groups is 2. The summed E-state index contributed by atoms with van der Waals surface area (Å²) in [5, 5.41) is 12.2. The Labute approximate surface area is 144 Å². The zero-order valence-electron chi connectivity index (χ0n) is 14.4. The second kappa shape index (κ2) is 9.42. The second-order valence-electron chi connectivity index (χ2n) is 6.49. The molecule has 1 heterocycles. The highest BCUT2D eigenvalue weighted by Gasteiger charge is 2.32. The molecule has 0 spiro atoms. The quantitative estimate of drug-likeness (QED) is 0.682. The van der Waals surface area contributed by atoms with Crippen LogP contribution in [0.3, 0.4) is 0 Å². The number of hydrogen-bond acceptors (Lipinski definition) is 3. The first-order chi connectivity index (χ1) is 11.6. The van der Waals surface area contributed by atoms with E-state index in [-0.39, 0.29) is 11.9 Å². The van der Waals surface area contributed by atoms with Crippen LogP contribution in [-0.4, -0.2) is 47.1 Å². The van der Waals surface area contributed by atoms with Crippen LogP contribution < -0.4 is 5.32 Å². The van der Waals surface area contributed by atoms with Crippen LogP contribution in [0.4, 0.5) is 0 Å². The van der Waals surface area contributed by atoms with Crippen LogP contribution in [0.2, 0.25) is 0 Å². The molecule has 1 fully saturated rings. The van der Waals surface area contributed by atoms with Crippen molar-refractivity contribution in [1.82, 2.24) is 10.2 Å². The van der Waals surface area contributed by atoms with Crippen LogP contribution in [0.1, 0.15) is 44.6 Å². The molecule has 0 aliphatic carbocycles. The van der Waals surface area contributed by atoms with E-state index in [1.54, 1.807) is 0 Å². The molecule has 0 bridgehead atoms. The molecule has 1 saturated heterocycles. The van der Waals surface area contributed by atoms with Gasteiger partial charge in [0.05, 0.1) is 6.04 Å². The van der Waals surface area contributed by atoms with Gasteiger partial charge in [0.25, 0.3) is 0 Å². The third kappa shape index (κ3) is 5.34. The number of hydrogen-bond donors (Lipinski definition) is 2. The van der Waals surface area contributed by atoms with Crippen molar-refractivity contribution in [2.24, 2.45) is 0 Å². The molecule has 2 unspecified atom stereocenters. The molecule has 2 atom stereocenters. The van der Waals surface area contributed by atoms with Crippen LogP contribution in [0.15, 0.2) is 30.3 Å². The number of carboxylic acid groups (broad SMARTS) is 1. The van der Waals surface area contributed by atoms with Gasteiger partial charge < -0.3 is 10.4 Å². The van der Waals surface area contributed by atoms with Gasteiger partial charge in [0.15, 0.2) is 0 Å². The first kappa shape index (κ1) is 18.5. The van der Waals surface area contributed by atoms with Crippen molar-refractivity contribution in [2.75, 3.05) is 13.1 Å². The second-order valence-corrected chi connectivity index (χ2v) is 6.49.